The van der Waals surface area contributed by atoms with Crippen LogP contribution in [0.25, 0.3) is 0 Å². The Morgan fingerprint density at radius 3 is 2.48 bits per heavy atom. The highest BCUT2D eigenvalue weighted by atomic mass is 16.6. The van der Waals surface area contributed by atoms with Crippen LogP contribution in [0.15, 0.2) is 0 Å². The highest BCUT2D eigenvalue weighted by molar-refractivity contribution is 5.84. The van der Waals surface area contributed by atoms with E-state index in [0.29, 0.717) is 0 Å². The summed E-state index contributed by atoms with van der Waals surface area (Å²) in [6.45, 7) is 6.67. The standard InChI is InChI=1S/C17H30N2O6/c1-5-24-15(22)13(10-20)18-14(21)9-11-7-6-8-12(11)19-16(23)25-17(2,3)4/h11-13,20H,5-10H2,1-4H3,(H,18,21)(H,19,23)/t11-,12+,13-/m0/s1. The summed E-state index contributed by atoms with van der Waals surface area (Å²) in [4.78, 5) is 35.7. The highest BCUT2D eigenvalue weighted by Gasteiger charge is 2.32. The van der Waals surface area contributed by atoms with Gasteiger partial charge in [-0.3, -0.25) is 4.79 Å². The number of aliphatic hydroxyl groups excluding tert-OH is 1. The first-order valence-electron chi connectivity index (χ1n) is 8.72. The Balaban J connectivity index is 2.52. The Morgan fingerprint density at radius 1 is 1.24 bits per heavy atom. The van der Waals surface area contributed by atoms with Gasteiger partial charge in [-0.05, 0) is 46.5 Å². The van der Waals surface area contributed by atoms with Crippen LogP contribution < -0.4 is 10.6 Å². The lowest BCUT2D eigenvalue weighted by Crippen LogP contribution is -2.46. The minimum Gasteiger partial charge on any atom is -0.464 e. The molecule has 0 aromatic rings. The van der Waals surface area contributed by atoms with Gasteiger partial charge in [0.05, 0.1) is 13.2 Å². The van der Waals surface area contributed by atoms with E-state index in [0.717, 1.165) is 19.3 Å². The van der Waals surface area contributed by atoms with Gasteiger partial charge >= 0.3 is 12.1 Å². The largest absolute Gasteiger partial charge is 0.464 e. The molecule has 0 saturated heterocycles. The van der Waals surface area contributed by atoms with Crippen molar-refractivity contribution in [1.29, 1.82) is 0 Å². The Hall–Kier alpha value is -1.83. The van der Waals surface area contributed by atoms with Gasteiger partial charge in [-0.2, -0.15) is 0 Å². The highest BCUT2D eigenvalue weighted by Crippen LogP contribution is 2.28. The molecule has 1 saturated carbocycles. The lowest BCUT2D eigenvalue weighted by molar-refractivity contribution is -0.148. The maximum Gasteiger partial charge on any atom is 0.407 e. The first-order chi connectivity index (χ1) is 11.7. The molecule has 0 spiro atoms. The molecule has 1 rings (SSSR count). The van der Waals surface area contributed by atoms with Gasteiger partial charge in [0.2, 0.25) is 5.91 Å². The van der Waals surface area contributed by atoms with Gasteiger partial charge in [-0.25, -0.2) is 9.59 Å². The minimum atomic E-state index is -1.06. The van der Waals surface area contributed by atoms with Gasteiger partial charge < -0.3 is 25.2 Å². The van der Waals surface area contributed by atoms with E-state index in [9.17, 15) is 19.5 Å². The van der Waals surface area contributed by atoms with Crippen LogP contribution in [0.4, 0.5) is 4.79 Å². The number of alkyl carbamates (subject to hydrolysis) is 1. The summed E-state index contributed by atoms with van der Waals surface area (Å²) in [5.74, 6) is -1.04. The van der Waals surface area contributed by atoms with Crippen molar-refractivity contribution in [3.05, 3.63) is 0 Å². The molecule has 0 unspecified atom stereocenters. The van der Waals surface area contributed by atoms with E-state index in [-0.39, 0.29) is 30.9 Å². The number of hydrogen-bond donors (Lipinski definition) is 3. The first-order valence-corrected chi connectivity index (χ1v) is 8.72. The fraction of sp³-hybridized carbons (Fsp3) is 0.824. The van der Waals surface area contributed by atoms with Crippen molar-refractivity contribution < 1.29 is 29.0 Å². The van der Waals surface area contributed by atoms with Gasteiger partial charge in [0.15, 0.2) is 6.04 Å². The lowest BCUT2D eigenvalue weighted by atomic mass is 9.99. The quantitative estimate of drug-likeness (QED) is 0.588. The van der Waals surface area contributed by atoms with Crippen molar-refractivity contribution in [1.82, 2.24) is 10.6 Å². The van der Waals surface area contributed by atoms with Crippen LogP contribution in [-0.2, 0) is 19.1 Å². The summed E-state index contributed by atoms with van der Waals surface area (Å²) in [6, 6.07) is -1.21. The average molecular weight is 358 g/mol. The zero-order chi connectivity index (χ0) is 19.0. The minimum absolute atomic E-state index is 0.0333. The van der Waals surface area contributed by atoms with Gasteiger partial charge in [-0.15, -0.1) is 0 Å². The third-order valence-electron chi connectivity index (χ3n) is 3.90. The normalized spacial score (nSPS) is 21.3. The molecular formula is C17H30N2O6. The molecule has 1 fully saturated rings. The number of rotatable bonds is 7. The molecule has 0 heterocycles. The van der Waals surface area contributed by atoms with Crippen LogP contribution in [0.2, 0.25) is 0 Å². The van der Waals surface area contributed by atoms with Crippen LogP contribution in [0.1, 0.15) is 53.4 Å². The fourth-order valence-electron chi connectivity index (χ4n) is 2.84. The zero-order valence-corrected chi connectivity index (χ0v) is 15.5. The van der Waals surface area contributed by atoms with Gasteiger partial charge in [0.25, 0.3) is 0 Å². The van der Waals surface area contributed by atoms with Crippen molar-refractivity contribution in [2.45, 2.75) is 71.1 Å². The Kier molecular flexibility index (Phi) is 8.15. The van der Waals surface area contributed by atoms with Crippen molar-refractivity contribution >= 4 is 18.0 Å². The molecular weight excluding hydrogens is 328 g/mol. The number of hydrogen-bond acceptors (Lipinski definition) is 6. The van der Waals surface area contributed by atoms with Gasteiger partial charge in [0, 0.05) is 12.5 Å². The molecule has 0 radical (unpaired) electrons. The fourth-order valence-corrected chi connectivity index (χ4v) is 2.84. The number of carbonyl (C=O) groups is 3. The predicted molar refractivity (Wildman–Crippen MR) is 90.8 cm³/mol. The summed E-state index contributed by atoms with van der Waals surface area (Å²) in [5, 5.41) is 14.5. The molecule has 3 atom stereocenters. The second kappa shape index (κ2) is 9.60. The third-order valence-corrected chi connectivity index (χ3v) is 3.90. The van der Waals surface area contributed by atoms with Crippen molar-refractivity contribution in [2.24, 2.45) is 5.92 Å². The summed E-state index contributed by atoms with van der Waals surface area (Å²) >= 11 is 0. The van der Waals surface area contributed by atoms with Crippen LogP contribution in [0, 0.1) is 5.92 Å². The number of amides is 2. The molecule has 0 aromatic carbocycles. The molecule has 1 aliphatic rings. The summed E-state index contributed by atoms with van der Waals surface area (Å²) < 4.78 is 10.0. The van der Waals surface area contributed by atoms with E-state index in [4.69, 9.17) is 9.47 Å². The van der Waals surface area contributed by atoms with Crippen LogP contribution in [-0.4, -0.2) is 54.0 Å². The molecule has 0 bridgehead atoms. The number of esters is 1. The molecule has 0 aromatic heterocycles. The monoisotopic (exact) mass is 358 g/mol. The molecule has 0 aliphatic heterocycles. The molecule has 8 nitrogen and oxygen atoms in total. The second-order valence-corrected chi connectivity index (χ2v) is 7.20. The summed E-state index contributed by atoms with van der Waals surface area (Å²) in [5.41, 5.74) is -0.580. The van der Waals surface area contributed by atoms with Crippen LogP contribution in [0.5, 0.6) is 0 Å². The molecule has 8 heteroatoms. The van der Waals surface area contributed by atoms with E-state index >= 15 is 0 Å². The summed E-state index contributed by atoms with van der Waals surface area (Å²) in [6.07, 6.45) is 2.15. The molecule has 1 aliphatic carbocycles. The Morgan fingerprint density at radius 2 is 1.92 bits per heavy atom. The van der Waals surface area contributed by atoms with E-state index in [1.165, 1.54) is 0 Å². The Bertz CT molecular complexity index is 474. The van der Waals surface area contributed by atoms with Gasteiger partial charge in [0.1, 0.15) is 5.60 Å². The zero-order valence-electron chi connectivity index (χ0n) is 15.5. The van der Waals surface area contributed by atoms with E-state index in [1.54, 1.807) is 27.7 Å². The maximum absolute atomic E-state index is 12.2. The van der Waals surface area contributed by atoms with Crippen LogP contribution >= 0.6 is 0 Å². The average Bonchev–Trinajstić information content (AvgIpc) is 2.89. The van der Waals surface area contributed by atoms with E-state index in [2.05, 4.69) is 10.6 Å². The Labute approximate surface area is 148 Å². The smallest absolute Gasteiger partial charge is 0.407 e. The third kappa shape index (κ3) is 7.72. The second-order valence-electron chi connectivity index (χ2n) is 7.20. The first kappa shape index (κ1) is 21.2. The molecule has 3 N–H and O–H groups in total. The maximum atomic E-state index is 12.2. The van der Waals surface area contributed by atoms with Crippen molar-refractivity contribution in [2.75, 3.05) is 13.2 Å². The summed E-state index contributed by atoms with van der Waals surface area (Å²) in [7, 11) is 0. The molecule has 2 amide bonds. The van der Waals surface area contributed by atoms with E-state index in [1.807, 2.05) is 0 Å². The van der Waals surface area contributed by atoms with Crippen LogP contribution in [0.3, 0.4) is 0 Å². The topological polar surface area (TPSA) is 114 Å². The molecule has 25 heavy (non-hydrogen) atoms. The number of aliphatic hydroxyl groups is 1. The van der Waals surface area contributed by atoms with E-state index < -0.39 is 30.3 Å². The van der Waals surface area contributed by atoms with Crippen molar-refractivity contribution in [3.63, 3.8) is 0 Å². The van der Waals surface area contributed by atoms with Crippen molar-refractivity contribution in [3.8, 4) is 0 Å². The number of ether oxygens (including phenoxy) is 2. The van der Waals surface area contributed by atoms with Gasteiger partial charge in [-0.1, -0.05) is 6.42 Å². The SMILES string of the molecule is CCOC(=O)[C@H](CO)NC(=O)C[C@@H]1CCC[C@H]1NC(=O)OC(C)(C)C. The number of carbonyl (C=O) groups excluding carboxylic acids is 3. The number of nitrogens with one attached hydrogen (secondary N) is 2. The lowest BCUT2D eigenvalue weighted by Gasteiger charge is -2.25. The molecule has 144 valence electrons. The predicted octanol–water partition coefficient (Wildman–Crippen LogP) is 1.11.